The highest BCUT2D eigenvalue weighted by molar-refractivity contribution is 5.94. The third-order valence-corrected chi connectivity index (χ3v) is 3.45. The van der Waals surface area contributed by atoms with E-state index in [-0.39, 0.29) is 11.9 Å². The third-order valence-electron chi connectivity index (χ3n) is 3.45. The molecule has 1 amide bonds. The average molecular weight is 293 g/mol. The monoisotopic (exact) mass is 293 g/mol. The molecule has 0 bridgehead atoms. The van der Waals surface area contributed by atoms with E-state index in [1.165, 1.54) is 5.56 Å². The Balaban J connectivity index is 1.98. The van der Waals surface area contributed by atoms with Crippen LogP contribution < -0.4 is 5.32 Å². The number of nitrogens with zero attached hydrogens (tertiary/aromatic N) is 2. The first-order valence-corrected chi connectivity index (χ1v) is 7.39. The SMILES string of the molecule is Cc1cccc(-c2cn3cc(C(=O)NC(C)C)ccc3n2)c1. The van der Waals surface area contributed by atoms with Crippen LogP contribution in [-0.2, 0) is 0 Å². The van der Waals surface area contributed by atoms with Gasteiger partial charge in [0.2, 0.25) is 0 Å². The number of hydrogen-bond donors (Lipinski definition) is 1. The fourth-order valence-corrected chi connectivity index (χ4v) is 2.42. The van der Waals surface area contributed by atoms with Crippen molar-refractivity contribution < 1.29 is 4.79 Å². The van der Waals surface area contributed by atoms with Crippen molar-refractivity contribution in [1.82, 2.24) is 14.7 Å². The van der Waals surface area contributed by atoms with Gasteiger partial charge in [-0.05, 0) is 39.0 Å². The highest BCUT2D eigenvalue weighted by Gasteiger charge is 2.10. The van der Waals surface area contributed by atoms with Crippen LogP contribution in [0.15, 0.2) is 48.8 Å². The summed E-state index contributed by atoms with van der Waals surface area (Å²) < 4.78 is 1.90. The molecule has 3 rings (SSSR count). The van der Waals surface area contributed by atoms with E-state index in [0.717, 1.165) is 16.9 Å². The van der Waals surface area contributed by atoms with Gasteiger partial charge >= 0.3 is 0 Å². The van der Waals surface area contributed by atoms with Gasteiger partial charge in [-0.1, -0.05) is 23.8 Å². The van der Waals surface area contributed by atoms with Crippen molar-refractivity contribution in [1.29, 1.82) is 0 Å². The summed E-state index contributed by atoms with van der Waals surface area (Å²) >= 11 is 0. The molecule has 0 radical (unpaired) electrons. The van der Waals surface area contributed by atoms with Crippen LogP contribution in [0.3, 0.4) is 0 Å². The number of benzene rings is 1. The first kappa shape index (κ1) is 14.3. The molecule has 0 unspecified atom stereocenters. The summed E-state index contributed by atoms with van der Waals surface area (Å²) in [6.07, 6.45) is 3.77. The molecule has 3 aromatic rings. The Morgan fingerprint density at radius 2 is 2.00 bits per heavy atom. The fourth-order valence-electron chi connectivity index (χ4n) is 2.42. The minimum Gasteiger partial charge on any atom is -0.350 e. The molecule has 0 aliphatic rings. The number of nitrogens with one attached hydrogen (secondary N) is 1. The summed E-state index contributed by atoms with van der Waals surface area (Å²) in [5.41, 5.74) is 4.65. The summed E-state index contributed by atoms with van der Waals surface area (Å²) in [7, 11) is 0. The first-order chi connectivity index (χ1) is 10.5. The molecule has 1 aromatic carbocycles. The third kappa shape index (κ3) is 2.86. The molecule has 22 heavy (non-hydrogen) atoms. The van der Waals surface area contributed by atoms with Crippen LogP contribution in [0.1, 0.15) is 29.8 Å². The molecular formula is C18H19N3O. The van der Waals surface area contributed by atoms with Crippen molar-refractivity contribution in [3.63, 3.8) is 0 Å². The number of carbonyl (C=O) groups is 1. The number of imidazole rings is 1. The Labute approximate surface area is 129 Å². The summed E-state index contributed by atoms with van der Waals surface area (Å²) in [4.78, 5) is 16.7. The first-order valence-electron chi connectivity index (χ1n) is 7.39. The van der Waals surface area contributed by atoms with E-state index in [1.807, 2.05) is 48.8 Å². The lowest BCUT2D eigenvalue weighted by Crippen LogP contribution is -2.30. The predicted octanol–water partition coefficient (Wildman–Crippen LogP) is 3.45. The molecular weight excluding hydrogens is 274 g/mol. The van der Waals surface area contributed by atoms with Gasteiger partial charge in [0.15, 0.2) is 0 Å². The molecule has 0 saturated carbocycles. The summed E-state index contributed by atoms with van der Waals surface area (Å²) in [5.74, 6) is -0.0669. The molecule has 0 aliphatic carbocycles. The van der Waals surface area contributed by atoms with Gasteiger partial charge in [-0.2, -0.15) is 0 Å². The lowest BCUT2D eigenvalue weighted by atomic mass is 10.1. The zero-order valence-electron chi connectivity index (χ0n) is 13.0. The van der Waals surface area contributed by atoms with Gasteiger partial charge in [0.25, 0.3) is 5.91 Å². The van der Waals surface area contributed by atoms with Gasteiger partial charge < -0.3 is 9.72 Å². The van der Waals surface area contributed by atoms with Crippen LogP contribution in [0.25, 0.3) is 16.9 Å². The largest absolute Gasteiger partial charge is 0.350 e. The molecule has 0 spiro atoms. The van der Waals surface area contributed by atoms with Crippen molar-refractivity contribution in [2.75, 3.05) is 0 Å². The smallest absolute Gasteiger partial charge is 0.252 e. The summed E-state index contributed by atoms with van der Waals surface area (Å²) in [5, 5.41) is 2.90. The second-order valence-electron chi connectivity index (χ2n) is 5.81. The van der Waals surface area contributed by atoms with Crippen LogP contribution in [-0.4, -0.2) is 21.3 Å². The average Bonchev–Trinajstić information content (AvgIpc) is 2.89. The normalized spacial score (nSPS) is 11.1. The number of aromatic nitrogens is 2. The van der Waals surface area contributed by atoms with Crippen molar-refractivity contribution in [3.8, 4) is 11.3 Å². The highest BCUT2D eigenvalue weighted by atomic mass is 16.1. The molecule has 0 saturated heterocycles. The van der Waals surface area contributed by atoms with Crippen LogP contribution in [0.5, 0.6) is 0 Å². The molecule has 0 fully saturated rings. The quantitative estimate of drug-likeness (QED) is 0.804. The molecule has 2 aromatic heterocycles. The fraction of sp³-hybridized carbons (Fsp3) is 0.222. The Morgan fingerprint density at radius 3 is 2.73 bits per heavy atom. The number of fused-ring (bicyclic) bond motifs is 1. The highest BCUT2D eigenvalue weighted by Crippen LogP contribution is 2.20. The van der Waals surface area contributed by atoms with Crippen LogP contribution in [0.2, 0.25) is 0 Å². The second-order valence-corrected chi connectivity index (χ2v) is 5.81. The van der Waals surface area contributed by atoms with Crippen molar-refractivity contribution in [2.24, 2.45) is 0 Å². The van der Waals surface area contributed by atoms with Crippen molar-refractivity contribution in [2.45, 2.75) is 26.8 Å². The maximum atomic E-state index is 12.1. The van der Waals surface area contributed by atoms with Crippen LogP contribution in [0, 0.1) is 6.92 Å². The molecule has 4 nitrogen and oxygen atoms in total. The van der Waals surface area contributed by atoms with Gasteiger partial charge in [-0.25, -0.2) is 4.98 Å². The molecule has 0 aliphatic heterocycles. The Morgan fingerprint density at radius 1 is 1.18 bits per heavy atom. The van der Waals surface area contributed by atoms with E-state index < -0.39 is 0 Å². The maximum absolute atomic E-state index is 12.1. The standard InChI is InChI=1S/C18H19N3O/c1-12(2)19-18(22)15-7-8-17-20-16(11-21(17)10-15)14-6-4-5-13(3)9-14/h4-12H,1-3H3,(H,19,22). The Kier molecular flexibility index (Phi) is 3.67. The summed E-state index contributed by atoms with van der Waals surface area (Å²) in [6, 6.07) is 12.0. The number of amides is 1. The number of rotatable bonds is 3. The van der Waals surface area contributed by atoms with Gasteiger partial charge in [0.1, 0.15) is 5.65 Å². The molecule has 112 valence electrons. The molecule has 0 atom stereocenters. The molecule has 2 heterocycles. The van der Waals surface area contributed by atoms with Crippen LogP contribution in [0.4, 0.5) is 0 Å². The van der Waals surface area contributed by atoms with Gasteiger partial charge in [-0.15, -0.1) is 0 Å². The predicted molar refractivity (Wildman–Crippen MR) is 88.0 cm³/mol. The van der Waals surface area contributed by atoms with Gasteiger partial charge in [0.05, 0.1) is 11.3 Å². The number of aryl methyl sites for hydroxylation is 1. The lowest BCUT2D eigenvalue weighted by molar-refractivity contribution is 0.0942. The molecule has 1 N–H and O–H groups in total. The van der Waals surface area contributed by atoms with E-state index in [0.29, 0.717) is 5.56 Å². The van der Waals surface area contributed by atoms with E-state index in [1.54, 1.807) is 6.07 Å². The van der Waals surface area contributed by atoms with Crippen molar-refractivity contribution >= 4 is 11.6 Å². The second kappa shape index (κ2) is 5.64. The van der Waals surface area contributed by atoms with E-state index >= 15 is 0 Å². The minimum absolute atomic E-state index is 0.0669. The summed E-state index contributed by atoms with van der Waals surface area (Å²) in [6.45, 7) is 5.96. The van der Waals surface area contributed by atoms with Crippen LogP contribution >= 0.6 is 0 Å². The van der Waals surface area contributed by atoms with Gasteiger partial charge in [0, 0.05) is 24.0 Å². The van der Waals surface area contributed by atoms with Gasteiger partial charge in [-0.3, -0.25) is 4.79 Å². The number of carbonyl (C=O) groups excluding carboxylic acids is 1. The zero-order valence-corrected chi connectivity index (χ0v) is 13.0. The molecule has 4 heteroatoms. The van der Waals surface area contributed by atoms with E-state index in [4.69, 9.17) is 0 Å². The maximum Gasteiger partial charge on any atom is 0.252 e. The minimum atomic E-state index is -0.0669. The lowest BCUT2D eigenvalue weighted by Gasteiger charge is -2.08. The Hall–Kier alpha value is -2.62. The van der Waals surface area contributed by atoms with Crippen molar-refractivity contribution in [3.05, 3.63) is 59.9 Å². The zero-order chi connectivity index (χ0) is 15.7. The van der Waals surface area contributed by atoms with E-state index in [2.05, 4.69) is 29.4 Å². The number of hydrogen-bond acceptors (Lipinski definition) is 2. The Bertz CT molecular complexity index is 833. The number of pyridine rings is 1. The topological polar surface area (TPSA) is 46.4 Å². The van der Waals surface area contributed by atoms with E-state index in [9.17, 15) is 4.79 Å².